The summed E-state index contributed by atoms with van der Waals surface area (Å²) in [7, 11) is -1.84. The molecule has 1 unspecified atom stereocenters. The summed E-state index contributed by atoms with van der Waals surface area (Å²) in [5.41, 5.74) is 4.80. The zero-order valence-electron chi connectivity index (χ0n) is 17.9. The number of hydrogen-bond acceptors (Lipinski definition) is 2. The van der Waals surface area contributed by atoms with Crippen molar-refractivity contribution in [3.8, 4) is 5.75 Å². The fourth-order valence-electron chi connectivity index (χ4n) is 3.02. The molecule has 0 aliphatic carbocycles. The highest BCUT2D eigenvalue weighted by atomic mass is 28.4. The van der Waals surface area contributed by atoms with Crippen LogP contribution in [-0.4, -0.2) is 13.3 Å². The average molecular weight is 390 g/mol. The van der Waals surface area contributed by atoms with Crippen LogP contribution >= 0.6 is 0 Å². The first kappa shape index (κ1) is 20.3. The Bertz CT molecular complexity index is 894. The van der Waals surface area contributed by atoms with Gasteiger partial charge in [-0.05, 0) is 60.4 Å². The van der Waals surface area contributed by atoms with Gasteiger partial charge < -0.3 is 4.43 Å². The quantitative estimate of drug-likeness (QED) is 0.440. The van der Waals surface area contributed by atoms with Gasteiger partial charge in [-0.1, -0.05) is 68.8 Å². The Kier molecular flexibility index (Phi) is 5.76. The molecule has 2 aromatic carbocycles. The van der Waals surface area contributed by atoms with Crippen molar-refractivity contribution in [2.45, 2.75) is 51.7 Å². The fraction of sp³-hybridized carbons (Fsp3) is 0.320. The van der Waals surface area contributed by atoms with E-state index in [2.05, 4.69) is 106 Å². The lowest BCUT2D eigenvalue weighted by Gasteiger charge is -2.36. The van der Waals surface area contributed by atoms with Crippen LogP contribution in [0.1, 0.15) is 49.1 Å². The Morgan fingerprint density at radius 1 is 0.821 bits per heavy atom. The molecule has 0 amide bonds. The summed E-state index contributed by atoms with van der Waals surface area (Å²) in [6, 6.07) is 23.4. The second-order valence-electron chi connectivity index (χ2n) is 9.03. The van der Waals surface area contributed by atoms with Crippen molar-refractivity contribution in [2.75, 3.05) is 0 Å². The third-order valence-electron chi connectivity index (χ3n) is 5.79. The van der Waals surface area contributed by atoms with E-state index in [1.54, 1.807) is 0 Å². The van der Waals surface area contributed by atoms with Crippen molar-refractivity contribution in [3.05, 3.63) is 95.3 Å². The predicted molar refractivity (Wildman–Crippen MR) is 121 cm³/mol. The van der Waals surface area contributed by atoms with Gasteiger partial charge in [0.25, 0.3) is 0 Å². The Labute approximate surface area is 170 Å². The van der Waals surface area contributed by atoms with Crippen molar-refractivity contribution in [3.63, 3.8) is 0 Å². The third kappa shape index (κ3) is 4.53. The summed E-state index contributed by atoms with van der Waals surface area (Å²) in [5, 5.41) is 0.185. The van der Waals surface area contributed by atoms with Gasteiger partial charge in [0.2, 0.25) is 8.32 Å². The van der Waals surface area contributed by atoms with Gasteiger partial charge >= 0.3 is 0 Å². The van der Waals surface area contributed by atoms with E-state index in [0.29, 0.717) is 0 Å². The van der Waals surface area contributed by atoms with Crippen LogP contribution in [0.4, 0.5) is 0 Å². The molecular formula is C25H31NOSi. The highest BCUT2D eigenvalue weighted by Crippen LogP contribution is 2.38. The second-order valence-corrected chi connectivity index (χ2v) is 13.8. The minimum Gasteiger partial charge on any atom is -0.544 e. The summed E-state index contributed by atoms with van der Waals surface area (Å²) >= 11 is 0. The molecule has 0 aliphatic rings. The zero-order valence-corrected chi connectivity index (χ0v) is 18.9. The first-order chi connectivity index (χ1) is 13.2. The number of aryl methyl sites for hydroxylation is 1. The Morgan fingerprint density at radius 2 is 1.39 bits per heavy atom. The normalized spacial score (nSPS) is 13.2. The summed E-state index contributed by atoms with van der Waals surface area (Å²) < 4.78 is 6.45. The maximum atomic E-state index is 6.45. The van der Waals surface area contributed by atoms with E-state index in [-0.39, 0.29) is 11.0 Å². The molecule has 0 spiro atoms. The van der Waals surface area contributed by atoms with Crippen molar-refractivity contribution < 1.29 is 4.43 Å². The molecule has 0 N–H and O–H groups in total. The highest BCUT2D eigenvalue weighted by Gasteiger charge is 2.38. The molecule has 28 heavy (non-hydrogen) atoms. The number of benzene rings is 2. The van der Waals surface area contributed by atoms with Crippen LogP contribution < -0.4 is 4.43 Å². The molecule has 0 radical (unpaired) electrons. The van der Waals surface area contributed by atoms with Crippen LogP contribution in [0.5, 0.6) is 5.75 Å². The lowest BCUT2D eigenvalue weighted by atomic mass is 9.88. The molecule has 0 bridgehead atoms. The van der Waals surface area contributed by atoms with Gasteiger partial charge in [0.1, 0.15) is 5.75 Å². The topological polar surface area (TPSA) is 22.1 Å². The first-order valence-electron chi connectivity index (χ1n) is 9.94. The van der Waals surface area contributed by atoms with Crippen LogP contribution in [0.3, 0.4) is 0 Å². The molecule has 0 saturated heterocycles. The van der Waals surface area contributed by atoms with Crippen LogP contribution in [0.15, 0.2) is 72.9 Å². The molecule has 0 fully saturated rings. The predicted octanol–water partition coefficient (Wildman–Crippen LogP) is 6.95. The van der Waals surface area contributed by atoms with Crippen molar-refractivity contribution in [2.24, 2.45) is 0 Å². The van der Waals surface area contributed by atoms with Gasteiger partial charge in [-0.15, -0.1) is 0 Å². The lowest BCUT2D eigenvalue weighted by molar-refractivity contribution is 0.492. The van der Waals surface area contributed by atoms with E-state index in [4.69, 9.17) is 4.43 Å². The number of hydrogen-bond donors (Lipinski definition) is 0. The molecule has 146 valence electrons. The molecule has 0 saturated carbocycles. The summed E-state index contributed by atoms with van der Waals surface area (Å²) in [6.45, 7) is 13.5. The summed E-state index contributed by atoms with van der Waals surface area (Å²) in [5.74, 6) is 1.07. The molecular weight excluding hydrogens is 358 g/mol. The van der Waals surface area contributed by atoms with Crippen molar-refractivity contribution >= 4 is 8.32 Å². The van der Waals surface area contributed by atoms with Gasteiger partial charge in [0.15, 0.2) is 0 Å². The van der Waals surface area contributed by atoms with E-state index in [0.717, 1.165) is 11.4 Å². The SMILES string of the molecule is Cc1ccc(C(c2ccc(O[Si](C)(C)C(C)(C)C)cc2)c2ccccn2)cc1. The van der Waals surface area contributed by atoms with E-state index in [1.807, 2.05) is 12.3 Å². The number of nitrogens with zero attached hydrogens (tertiary/aromatic N) is 1. The molecule has 2 nitrogen and oxygen atoms in total. The van der Waals surface area contributed by atoms with Gasteiger partial charge in [-0.25, -0.2) is 0 Å². The maximum Gasteiger partial charge on any atom is 0.250 e. The van der Waals surface area contributed by atoms with Crippen molar-refractivity contribution in [1.29, 1.82) is 0 Å². The van der Waals surface area contributed by atoms with E-state index in [1.165, 1.54) is 16.7 Å². The molecule has 1 atom stereocenters. The number of pyridine rings is 1. The van der Waals surface area contributed by atoms with E-state index in [9.17, 15) is 0 Å². The number of rotatable bonds is 5. The van der Waals surface area contributed by atoms with Crippen molar-refractivity contribution in [1.82, 2.24) is 4.98 Å². The summed E-state index contributed by atoms with van der Waals surface area (Å²) in [6.07, 6.45) is 1.87. The Morgan fingerprint density at radius 3 is 1.89 bits per heavy atom. The molecule has 3 heteroatoms. The third-order valence-corrected chi connectivity index (χ3v) is 10.1. The van der Waals surface area contributed by atoms with Gasteiger partial charge in [0.05, 0.1) is 11.6 Å². The second kappa shape index (κ2) is 7.92. The van der Waals surface area contributed by atoms with Gasteiger partial charge in [-0.3, -0.25) is 4.98 Å². The van der Waals surface area contributed by atoms with Gasteiger partial charge in [0, 0.05) is 6.20 Å². The van der Waals surface area contributed by atoms with Crippen LogP contribution in [-0.2, 0) is 0 Å². The molecule has 0 aliphatic heterocycles. The average Bonchev–Trinajstić information content (AvgIpc) is 2.65. The van der Waals surface area contributed by atoms with Gasteiger partial charge in [-0.2, -0.15) is 0 Å². The lowest BCUT2D eigenvalue weighted by Crippen LogP contribution is -2.43. The molecule has 3 aromatic rings. The van der Waals surface area contributed by atoms with Crippen LogP contribution in [0.25, 0.3) is 0 Å². The standard InChI is InChI=1S/C25H31NOSi/c1-19-10-12-20(13-11-19)24(23-9-7-8-18-26-23)21-14-16-22(17-15-21)27-28(5,6)25(2,3)4/h7-18,24H,1-6H3. The molecule has 3 rings (SSSR count). The van der Waals surface area contributed by atoms with E-state index >= 15 is 0 Å². The first-order valence-corrected chi connectivity index (χ1v) is 12.8. The smallest absolute Gasteiger partial charge is 0.250 e. The molecule has 1 heterocycles. The van der Waals surface area contributed by atoms with Crippen LogP contribution in [0.2, 0.25) is 18.1 Å². The minimum absolute atomic E-state index is 0.115. The number of aromatic nitrogens is 1. The highest BCUT2D eigenvalue weighted by molar-refractivity contribution is 6.74. The Balaban J connectivity index is 1.94. The maximum absolute atomic E-state index is 6.45. The Hall–Kier alpha value is -2.39. The molecule has 1 aromatic heterocycles. The monoisotopic (exact) mass is 389 g/mol. The van der Waals surface area contributed by atoms with Crippen LogP contribution in [0, 0.1) is 6.92 Å². The fourth-order valence-corrected chi connectivity index (χ4v) is 4.05. The van der Waals surface area contributed by atoms with E-state index < -0.39 is 8.32 Å². The largest absolute Gasteiger partial charge is 0.544 e. The minimum atomic E-state index is -1.84. The summed E-state index contributed by atoms with van der Waals surface area (Å²) in [4.78, 5) is 4.64. The zero-order chi connectivity index (χ0) is 20.4.